The summed E-state index contributed by atoms with van der Waals surface area (Å²) in [6.45, 7) is 8.88. The summed E-state index contributed by atoms with van der Waals surface area (Å²) in [5, 5.41) is 0. The minimum Gasteiger partial charge on any atom is -0.324 e. The summed E-state index contributed by atoms with van der Waals surface area (Å²) in [5.41, 5.74) is 2.36. The third-order valence-corrected chi connectivity index (χ3v) is 3.11. The fraction of sp³-hybridized carbons (Fsp3) is 0.727. The summed E-state index contributed by atoms with van der Waals surface area (Å²) < 4.78 is 2.13. The van der Waals surface area contributed by atoms with E-state index < -0.39 is 0 Å². The molecule has 0 aromatic carbocycles. The smallest absolute Gasteiger partial charge is 0.176 e. The Morgan fingerprint density at radius 2 is 1.93 bits per heavy atom. The van der Waals surface area contributed by atoms with E-state index in [-0.39, 0.29) is 0 Å². The van der Waals surface area contributed by atoms with Crippen molar-refractivity contribution in [1.29, 1.82) is 0 Å². The molecule has 0 N–H and O–H groups in total. The van der Waals surface area contributed by atoms with Crippen molar-refractivity contribution in [3.8, 4) is 0 Å². The molecule has 14 heavy (non-hydrogen) atoms. The molecule has 1 fully saturated rings. The molecule has 3 heteroatoms. The minimum absolute atomic E-state index is 1.03. The number of imidazole rings is 1. The normalized spacial score (nSPS) is 17.9. The van der Waals surface area contributed by atoms with E-state index in [1.165, 1.54) is 31.6 Å². The fourth-order valence-electron chi connectivity index (χ4n) is 1.95. The summed E-state index contributed by atoms with van der Waals surface area (Å²) in [6.07, 6.45) is 5.77. The Balaban J connectivity index is 1.88. The largest absolute Gasteiger partial charge is 0.324 e. The first-order valence-electron chi connectivity index (χ1n) is 5.41. The molecule has 2 heterocycles. The molecule has 1 radical (unpaired) electrons. The second kappa shape index (κ2) is 4.13. The maximum absolute atomic E-state index is 4.18. The van der Waals surface area contributed by atoms with Crippen molar-refractivity contribution >= 4 is 0 Å². The van der Waals surface area contributed by atoms with Crippen molar-refractivity contribution in [3.63, 3.8) is 0 Å². The first-order chi connectivity index (χ1) is 6.77. The van der Waals surface area contributed by atoms with Gasteiger partial charge in [-0.3, -0.25) is 0 Å². The van der Waals surface area contributed by atoms with Crippen molar-refractivity contribution in [3.05, 3.63) is 17.7 Å². The fourth-order valence-corrected chi connectivity index (χ4v) is 1.95. The van der Waals surface area contributed by atoms with Crippen LogP contribution in [0.1, 0.15) is 24.2 Å². The van der Waals surface area contributed by atoms with Gasteiger partial charge >= 0.3 is 0 Å². The molecule has 1 saturated heterocycles. The van der Waals surface area contributed by atoms with Crippen LogP contribution >= 0.6 is 0 Å². The van der Waals surface area contributed by atoms with Gasteiger partial charge in [0.05, 0.1) is 5.69 Å². The summed E-state index contributed by atoms with van der Waals surface area (Å²) in [4.78, 5) is 6.70. The average Bonchev–Trinajstić information content (AvgIpc) is 2.77. The molecule has 77 valence electrons. The Morgan fingerprint density at radius 1 is 1.21 bits per heavy atom. The van der Waals surface area contributed by atoms with Gasteiger partial charge in [0, 0.05) is 18.8 Å². The van der Waals surface area contributed by atoms with Crippen LogP contribution in [0.5, 0.6) is 0 Å². The van der Waals surface area contributed by atoms with E-state index in [1.54, 1.807) is 0 Å². The highest BCUT2D eigenvalue weighted by molar-refractivity contribution is 5.07. The van der Waals surface area contributed by atoms with Gasteiger partial charge in [-0.15, -0.1) is 0 Å². The van der Waals surface area contributed by atoms with Gasteiger partial charge in [0.15, 0.2) is 6.33 Å². The van der Waals surface area contributed by atoms with E-state index in [2.05, 4.69) is 27.7 Å². The van der Waals surface area contributed by atoms with Gasteiger partial charge in [0.25, 0.3) is 0 Å². The lowest BCUT2D eigenvalue weighted by molar-refractivity contribution is 0.321. The second-order valence-corrected chi connectivity index (χ2v) is 4.08. The van der Waals surface area contributed by atoms with Crippen LogP contribution in [0.4, 0.5) is 0 Å². The van der Waals surface area contributed by atoms with Crippen LogP contribution in [0.2, 0.25) is 0 Å². The van der Waals surface area contributed by atoms with Gasteiger partial charge in [0.1, 0.15) is 0 Å². The summed E-state index contributed by atoms with van der Waals surface area (Å²) >= 11 is 0. The highest BCUT2D eigenvalue weighted by Gasteiger charge is 2.11. The molecule has 1 aliphatic rings. The lowest BCUT2D eigenvalue weighted by Gasteiger charge is -2.15. The van der Waals surface area contributed by atoms with Crippen molar-refractivity contribution in [2.45, 2.75) is 33.2 Å². The molecule has 0 unspecified atom stereocenters. The number of aromatic nitrogens is 2. The van der Waals surface area contributed by atoms with Crippen LogP contribution in [0.25, 0.3) is 0 Å². The van der Waals surface area contributed by atoms with Gasteiger partial charge in [-0.1, -0.05) is 0 Å². The predicted molar refractivity (Wildman–Crippen MR) is 56.2 cm³/mol. The first kappa shape index (κ1) is 9.71. The van der Waals surface area contributed by atoms with Crippen molar-refractivity contribution < 1.29 is 0 Å². The van der Waals surface area contributed by atoms with Crippen LogP contribution in [0.3, 0.4) is 0 Å². The number of likely N-dealkylation sites (tertiary alicyclic amines) is 1. The summed E-state index contributed by atoms with van der Waals surface area (Å²) in [6, 6.07) is 0. The number of hydrogen-bond donors (Lipinski definition) is 0. The Kier molecular flexibility index (Phi) is 2.87. The highest BCUT2D eigenvalue weighted by Crippen LogP contribution is 2.08. The van der Waals surface area contributed by atoms with E-state index in [4.69, 9.17) is 0 Å². The maximum atomic E-state index is 4.18. The van der Waals surface area contributed by atoms with E-state index in [1.807, 2.05) is 6.92 Å². The number of hydrogen-bond acceptors (Lipinski definition) is 2. The number of rotatable bonds is 3. The van der Waals surface area contributed by atoms with E-state index in [9.17, 15) is 0 Å². The zero-order valence-corrected chi connectivity index (χ0v) is 9.08. The Bertz CT molecular complexity index is 297. The molecule has 0 bridgehead atoms. The summed E-state index contributed by atoms with van der Waals surface area (Å²) in [7, 11) is 0. The zero-order chi connectivity index (χ0) is 9.97. The van der Waals surface area contributed by atoms with Crippen molar-refractivity contribution in [1.82, 2.24) is 14.5 Å². The van der Waals surface area contributed by atoms with E-state index >= 15 is 0 Å². The standard InChI is InChI=1S/C11H18N3/c1-10-11(2)14(9-12-10)8-7-13-5-3-4-6-13/h3-8H2,1-2H3. The summed E-state index contributed by atoms with van der Waals surface area (Å²) in [5.74, 6) is 0. The Morgan fingerprint density at radius 3 is 2.50 bits per heavy atom. The maximum Gasteiger partial charge on any atom is 0.176 e. The monoisotopic (exact) mass is 192 g/mol. The molecule has 0 atom stereocenters. The van der Waals surface area contributed by atoms with Crippen LogP contribution < -0.4 is 0 Å². The van der Waals surface area contributed by atoms with E-state index in [0.717, 1.165) is 18.8 Å². The molecule has 0 aliphatic carbocycles. The van der Waals surface area contributed by atoms with Gasteiger partial charge in [-0.2, -0.15) is 0 Å². The molecular formula is C11H18N3. The van der Waals surface area contributed by atoms with Gasteiger partial charge < -0.3 is 9.47 Å². The van der Waals surface area contributed by atoms with Gasteiger partial charge in [-0.05, 0) is 39.8 Å². The predicted octanol–water partition coefficient (Wildman–Crippen LogP) is 1.40. The quantitative estimate of drug-likeness (QED) is 0.721. The Hall–Kier alpha value is -0.830. The van der Waals surface area contributed by atoms with E-state index in [0.29, 0.717) is 0 Å². The second-order valence-electron chi connectivity index (χ2n) is 4.08. The molecule has 2 rings (SSSR count). The molecule has 0 saturated carbocycles. The van der Waals surface area contributed by atoms with Crippen LogP contribution in [0.15, 0.2) is 0 Å². The van der Waals surface area contributed by atoms with Crippen LogP contribution in [-0.2, 0) is 6.54 Å². The topological polar surface area (TPSA) is 21.1 Å². The SMILES string of the molecule is Cc1n[c]n(CCN2CCCC2)c1C. The van der Waals surface area contributed by atoms with Crippen LogP contribution in [-0.4, -0.2) is 34.1 Å². The molecule has 1 aromatic heterocycles. The molecule has 0 spiro atoms. The molecule has 1 aliphatic heterocycles. The lowest BCUT2D eigenvalue weighted by Crippen LogP contribution is -2.24. The van der Waals surface area contributed by atoms with Gasteiger partial charge in [-0.25, -0.2) is 4.98 Å². The molecule has 1 aromatic rings. The third kappa shape index (κ3) is 1.98. The molecule has 3 nitrogen and oxygen atoms in total. The number of nitrogens with zero attached hydrogens (tertiary/aromatic N) is 3. The molecular weight excluding hydrogens is 174 g/mol. The van der Waals surface area contributed by atoms with Crippen molar-refractivity contribution in [2.75, 3.05) is 19.6 Å². The minimum atomic E-state index is 1.03. The van der Waals surface area contributed by atoms with Crippen LogP contribution in [0, 0.1) is 20.2 Å². The lowest BCUT2D eigenvalue weighted by atomic mass is 10.4. The zero-order valence-electron chi connectivity index (χ0n) is 9.08. The Labute approximate surface area is 85.7 Å². The highest BCUT2D eigenvalue weighted by atomic mass is 15.2. The van der Waals surface area contributed by atoms with Gasteiger partial charge in [0.2, 0.25) is 0 Å². The third-order valence-electron chi connectivity index (χ3n) is 3.11. The molecule has 0 amide bonds. The first-order valence-corrected chi connectivity index (χ1v) is 5.41. The van der Waals surface area contributed by atoms with Crippen molar-refractivity contribution in [2.24, 2.45) is 0 Å². The average molecular weight is 192 g/mol. The number of aryl methyl sites for hydroxylation is 1.